The number of hydrogen-bond acceptors (Lipinski definition) is 3. The molecule has 0 saturated carbocycles. The van der Waals surface area contributed by atoms with Crippen LogP contribution in [0, 0.1) is 5.92 Å². The second-order valence-corrected chi connectivity index (χ2v) is 5.89. The number of oxime groups is 1. The van der Waals surface area contributed by atoms with Gasteiger partial charge in [-0.25, -0.2) is 0 Å². The van der Waals surface area contributed by atoms with Crippen LogP contribution < -0.4 is 0 Å². The third-order valence-corrected chi connectivity index (χ3v) is 3.99. The van der Waals surface area contributed by atoms with Crippen molar-refractivity contribution < 1.29 is 9.63 Å². The van der Waals surface area contributed by atoms with Gasteiger partial charge in [-0.1, -0.05) is 19.0 Å². The van der Waals surface area contributed by atoms with Gasteiger partial charge in [-0.05, 0) is 51.4 Å². The minimum atomic E-state index is 0.331. The molecule has 20 heavy (non-hydrogen) atoms. The van der Waals surface area contributed by atoms with Crippen LogP contribution in [-0.4, -0.2) is 36.2 Å². The Morgan fingerprint density at radius 1 is 1.25 bits per heavy atom. The van der Waals surface area contributed by atoms with Crippen molar-refractivity contribution in [3.63, 3.8) is 0 Å². The molecule has 1 amide bonds. The second kappa shape index (κ2) is 9.78. The largest absolute Gasteiger partial charge is 0.396 e. The first-order chi connectivity index (χ1) is 9.63. The second-order valence-electron chi connectivity index (χ2n) is 5.89. The van der Waals surface area contributed by atoms with Crippen LogP contribution in [0.3, 0.4) is 0 Å². The van der Waals surface area contributed by atoms with E-state index >= 15 is 0 Å². The number of piperidine rings is 1. The van der Waals surface area contributed by atoms with E-state index in [1.807, 2.05) is 11.8 Å². The summed E-state index contributed by atoms with van der Waals surface area (Å²) >= 11 is 0. The Morgan fingerprint density at radius 3 is 2.60 bits per heavy atom. The average molecular weight is 282 g/mol. The minimum absolute atomic E-state index is 0.331. The zero-order valence-corrected chi connectivity index (χ0v) is 13.4. The standard InChI is InChI=1S/C16H30N2O2/c1-4-15(3)17-20-13-7-5-6-8-16(19)18-11-9-14(2)10-12-18/h14H,4-13H2,1-3H3/b17-15-. The van der Waals surface area contributed by atoms with Crippen molar-refractivity contribution in [2.24, 2.45) is 11.1 Å². The number of carbonyl (C=O) groups excluding carboxylic acids is 1. The van der Waals surface area contributed by atoms with Crippen molar-refractivity contribution in [1.82, 2.24) is 4.90 Å². The average Bonchev–Trinajstić information content (AvgIpc) is 2.46. The van der Waals surface area contributed by atoms with Gasteiger partial charge in [-0.15, -0.1) is 0 Å². The fraction of sp³-hybridized carbons (Fsp3) is 0.875. The van der Waals surface area contributed by atoms with Crippen LogP contribution in [0.1, 0.15) is 65.7 Å². The number of likely N-dealkylation sites (tertiary alicyclic amines) is 1. The van der Waals surface area contributed by atoms with E-state index in [2.05, 4.69) is 19.0 Å². The number of amides is 1. The van der Waals surface area contributed by atoms with Crippen LogP contribution in [0.15, 0.2) is 5.16 Å². The molecule has 1 saturated heterocycles. The van der Waals surface area contributed by atoms with Gasteiger partial charge < -0.3 is 9.74 Å². The molecule has 116 valence electrons. The Bertz CT molecular complexity index is 308. The Kier molecular flexibility index (Phi) is 8.31. The van der Waals surface area contributed by atoms with Gasteiger partial charge in [0.2, 0.25) is 5.91 Å². The maximum absolute atomic E-state index is 12.0. The first-order valence-electron chi connectivity index (χ1n) is 8.06. The van der Waals surface area contributed by atoms with Gasteiger partial charge in [0.1, 0.15) is 6.61 Å². The van der Waals surface area contributed by atoms with E-state index in [1.54, 1.807) is 0 Å². The van der Waals surface area contributed by atoms with Crippen LogP contribution in [0.25, 0.3) is 0 Å². The third-order valence-electron chi connectivity index (χ3n) is 3.99. The van der Waals surface area contributed by atoms with Gasteiger partial charge in [0.15, 0.2) is 0 Å². The summed E-state index contributed by atoms with van der Waals surface area (Å²) in [5, 5.41) is 4.00. The summed E-state index contributed by atoms with van der Waals surface area (Å²) in [7, 11) is 0. The predicted molar refractivity (Wildman–Crippen MR) is 82.8 cm³/mol. The molecule has 0 aromatic carbocycles. The normalized spacial score (nSPS) is 17.4. The number of unbranched alkanes of at least 4 members (excludes halogenated alkanes) is 2. The van der Waals surface area contributed by atoms with E-state index in [1.165, 1.54) is 0 Å². The van der Waals surface area contributed by atoms with E-state index in [4.69, 9.17) is 4.84 Å². The van der Waals surface area contributed by atoms with Crippen molar-refractivity contribution in [2.45, 2.75) is 65.7 Å². The highest BCUT2D eigenvalue weighted by Crippen LogP contribution is 2.17. The molecule has 1 aliphatic heterocycles. The lowest BCUT2D eigenvalue weighted by atomic mass is 9.99. The molecule has 0 atom stereocenters. The molecule has 0 aliphatic carbocycles. The van der Waals surface area contributed by atoms with Crippen LogP contribution in [-0.2, 0) is 9.63 Å². The smallest absolute Gasteiger partial charge is 0.222 e. The molecule has 4 heteroatoms. The molecule has 1 rings (SSSR count). The van der Waals surface area contributed by atoms with Gasteiger partial charge in [0, 0.05) is 19.5 Å². The Morgan fingerprint density at radius 2 is 1.95 bits per heavy atom. The molecule has 0 radical (unpaired) electrons. The van der Waals surface area contributed by atoms with Gasteiger partial charge in [-0.3, -0.25) is 4.79 Å². The monoisotopic (exact) mass is 282 g/mol. The highest BCUT2D eigenvalue weighted by Gasteiger charge is 2.19. The fourth-order valence-electron chi connectivity index (χ4n) is 2.26. The number of carbonyl (C=O) groups is 1. The summed E-state index contributed by atoms with van der Waals surface area (Å²) in [6, 6.07) is 0. The molecule has 0 N–H and O–H groups in total. The van der Waals surface area contributed by atoms with Crippen LogP contribution in [0.2, 0.25) is 0 Å². The Hall–Kier alpha value is -1.06. The van der Waals surface area contributed by atoms with E-state index < -0.39 is 0 Å². The van der Waals surface area contributed by atoms with Crippen molar-refractivity contribution >= 4 is 11.6 Å². The summed E-state index contributed by atoms with van der Waals surface area (Å²) in [5.74, 6) is 1.11. The molecule has 0 aromatic heterocycles. The number of nitrogens with zero attached hydrogens (tertiary/aromatic N) is 2. The summed E-state index contributed by atoms with van der Waals surface area (Å²) in [6.45, 7) is 8.87. The van der Waals surface area contributed by atoms with Crippen molar-refractivity contribution in [3.8, 4) is 0 Å². The first-order valence-corrected chi connectivity index (χ1v) is 8.06. The van der Waals surface area contributed by atoms with Crippen LogP contribution >= 0.6 is 0 Å². The predicted octanol–water partition coefficient (Wildman–Crippen LogP) is 3.61. The Labute approximate surface area is 123 Å². The molecule has 1 aliphatic rings. The third kappa shape index (κ3) is 6.92. The van der Waals surface area contributed by atoms with Crippen molar-refractivity contribution in [3.05, 3.63) is 0 Å². The molecule has 0 aromatic rings. The summed E-state index contributed by atoms with van der Waals surface area (Å²) in [5.41, 5.74) is 1.03. The molecular formula is C16H30N2O2. The molecular weight excluding hydrogens is 252 g/mol. The highest BCUT2D eigenvalue weighted by molar-refractivity contribution is 5.80. The summed E-state index contributed by atoms with van der Waals surface area (Å²) in [6.07, 6.45) is 6.92. The van der Waals surface area contributed by atoms with Gasteiger partial charge in [-0.2, -0.15) is 0 Å². The molecule has 4 nitrogen and oxygen atoms in total. The van der Waals surface area contributed by atoms with E-state index in [0.717, 1.165) is 63.2 Å². The maximum atomic E-state index is 12.0. The van der Waals surface area contributed by atoms with Gasteiger partial charge >= 0.3 is 0 Å². The lowest BCUT2D eigenvalue weighted by Crippen LogP contribution is -2.37. The SMILES string of the molecule is CC/C(C)=N\OCCCCCC(=O)N1CCC(C)CC1. The fourth-order valence-corrected chi connectivity index (χ4v) is 2.26. The quantitative estimate of drug-likeness (QED) is 0.388. The summed E-state index contributed by atoms with van der Waals surface area (Å²) < 4.78 is 0. The maximum Gasteiger partial charge on any atom is 0.222 e. The molecule has 0 unspecified atom stereocenters. The van der Waals surface area contributed by atoms with Crippen LogP contribution in [0.4, 0.5) is 0 Å². The topological polar surface area (TPSA) is 41.9 Å². The molecule has 0 bridgehead atoms. The highest BCUT2D eigenvalue weighted by atomic mass is 16.6. The molecule has 1 fully saturated rings. The van der Waals surface area contributed by atoms with E-state index in [9.17, 15) is 4.79 Å². The van der Waals surface area contributed by atoms with Crippen molar-refractivity contribution in [1.29, 1.82) is 0 Å². The lowest BCUT2D eigenvalue weighted by Gasteiger charge is -2.30. The molecule has 1 heterocycles. The molecule has 0 spiro atoms. The zero-order chi connectivity index (χ0) is 14.8. The van der Waals surface area contributed by atoms with Gasteiger partial charge in [0.05, 0.1) is 5.71 Å². The van der Waals surface area contributed by atoms with Gasteiger partial charge in [0.25, 0.3) is 0 Å². The Balaban J connectivity index is 1.99. The van der Waals surface area contributed by atoms with Crippen molar-refractivity contribution in [2.75, 3.05) is 19.7 Å². The van der Waals surface area contributed by atoms with E-state index in [-0.39, 0.29) is 0 Å². The zero-order valence-electron chi connectivity index (χ0n) is 13.4. The van der Waals surface area contributed by atoms with E-state index in [0.29, 0.717) is 18.9 Å². The van der Waals surface area contributed by atoms with Crippen LogP contribution in [0.5, 0.6) is 0 Å². The summed E-state index contributed by atoms with van der Waals surface area (Å²) in [4.78, 5) is 19.2. The number of rotatable bonds is 8. The first kappa shape index (κ1) is 17.0. The minimum Gasteiger partial charge on any atom is -0.396 e. The lowest BCUT2D eigenvalue weighted by molar-refractivity contribution is -0.132. The number of hydrogen-bond donors (Lipinski definition) is 0.